The first-order chi connectivity index (χ1) is 19.8. The number of hydrogen-bond donors (Lipinski definition) is 3. The number of aromatic amines is 1. The molecule has 2 fully saturated rings. The molecule has 0 saturated carbocycles. The summed E-state index contributed by atoms with van der Waals surface area (Å²) in [6.45, 7) is 7.04. The lowest BCUT2D eigenvalue weighted by Gasteiger charge is -2.32. The molecule has 0 bridgehead atoms. The van der Waals surface area contributed by atoms with Crippen molar-refractivity contribution in [3.63, 3.8) is 0 Å². The van der Waals surface area contributed by atoms with Gasteiger partial charge in [0.2, 0.25) is 11.9 Å². The molecule has 0 aromatic carbocycles. The molecule has 2 saturated heterocycles. The monoisotopic (exact) mass is 565 g/mol. The molecule has 5 heterocycles. The van der Waals surface area contributed by atoms with Crippen LogP contribution in [0.5, 0.6) is 0 Å². The summed E-state index contributed by atoms with van der Waals surface area (Å²) in [5.74, 6) is 1.25. The Morgan fingerprint density at radius 3 is 2.66 bits per heavy atom. The maximum atomic E-state index is 12.9. The third-order valence-electron chi connectivity index (χ3n) is 7.28. The average Bonchev–Trinajstić information content (AvgIpc) is 3.70. The highest BCUT2D eigenvalue weighted by Gasteiger charge is 2.31. The van der Waals surface area contributed by atoms with Gasteiger partial charge in [0.25, 0.3) is 0 Å². The summed E-state index contributed by atoms with van der Waals surface area (Å²) in [6, 6.07) is 0.104. The van der Waals surface area contributed by atoms with Gasteiger partial charge in [-0.15, -0.1) is 5.10 Å². The predicted octanol–water partition coefficient (Wildman–Crippen LogP) is 2.45. The van der Waals surface area contributed by atoms with E-state index >= 15 is 0 Å². The highest BCUT2D eigenvalue weighted by molar-refractivity contribution is 5.87. The molecule has 14 heteroatoms. The van der Waals surface area contributed by atoms with Crippen molar-refractivity contribution in [2.45, 2.75) is 51.2 Å². The third-order valence-corrected chi connectivity index (χ3v) is 7.28. The molecule has 0 aliphatic carbocycles. The quantitative estimate of drug-likeness (QED) is 0.330. The summed E-state index contributed by atoms with van der Waals surface area (Å²) in [4.78, 5) is 40.1. The van der Waals surface area contributed by atoms with Crippen molar-refractivity contribution in [2.24, 2.45) is 0 Å². The molecule has 3 aromatic rings. The Hall–Kier alpha value is -4.20. The maximum Gasteiger partial charge on any atom is 0.410 e. The number of anilines is 3. The van der Waals surface area contributed by atoms with E-state index < -0.39 is 0 Å². The Bertz CT molecular complexity index is 1360. The van der Waals surface area contributed by atoms with E-state index in [1.54, 1.807) is 28.3 Å². The summed E-state index contributed by atoms with van der Waals surface area (Å²) in [7, 11) is 3.90. The lowest BCUT2D eigenvalue weighted by Crippen LogP contribution is -2.44. The molecule has 41 heavy (non-hydrogen) atoms. The Kier molecular flexibility index (Phi) is 8.67. The molecule has 0 radical (unpaired) electrons. The van der Waals surface area contributed by atoms with Gasteiger partial charge >= 0.3 is 6.09 Å². The Labute approximate surface area is 239 Å². The number of carbonyl (C=O) groups is 2. The van der Waals surface area contributed by atoms with Crippen molar-refractivity contribution in [1.82, 2.24) is 44.5 Å². The largest absolute Gasteiger partial charge is 0.444 e. The van der Waals surface area contributed by atoms with Gasteiger partial charge in [0.05, 0.1) is 30.3 Å². The molecule has 2 aliphatic rings. The zero-order valence-electron chi connectivity index (χ0n) is 24.1. The number of aromatic nitrogens is 6. The molecule has 3 N–H and O–H groups in total. The first kappa shape index (κ1) is 28.3. The number of ether oxygens (including phenoxy) is 1. The van der Waals surface area contributed by atoms with Crippen molar-refractivity contribution in [3.8, 4) is 0 Å². The number of rotatable bonds is 9. The normalized spacial score (nSPS) is 18.2. The zero-order chi connectivity index (χ0) is 28.9. The average molecular weight is 566 g/mol. The second kappa shape index (κ2) is 12.5. The Morgan fingerprint density at radius 1 is 1.17 bits per heavy atom. The van der Waals surface area contributed by atoms with Crippen LogP contribution in [-0.4, -0.2) is 115 Å². The number of nitrogens with zero attached hydrogens (tertiary/aromatic N) is 8. The fourth-order valence-electron chi connectivity index (χ4n) is 5.00. The van der Waals surface area contributed by atoms with Crippen LogP contribution in [0.15, 0.2) is 30.7 Å². The van der Waals surface area contributed by atoms with E-state index in [2.05, 4.69) is 44.8 Å². The number of likely N-dealkylation sites (tertiary alicyclic amines) is 2. The van der Waals surface area contributed by atoms with Crippen LogP contribution in [-0.2, 0) is 9.53 Å². The predicted molar refractivity (Wildman–Crippen MR) is 154 cm³/mol. The molecule has 220 valence electrons. The van der Waals surface area contributed by atoms with Crippen LogP contribution in [0.1, 0.15) is 44.7 Å². The molecular formula is C27H39N11O3. The highest BCUT2D eigenvalue weighted by atomic mass is 16.6. The Balaban J connectivity index is 1.16. The van der Waals surface area contributed by atoms with Crippen molar-refractivity contribution in [1.29, 1.82) is 0 Å². The van der Waals surface area contributed by atoms with Crippen LogP contribution in [0.3, 0.4) is 0 Å². The lowest BCUT2D eigenvalue weighted by atomic mass is 10.1. The molecule has 0 spiro atoms. The van der Waals surface area contributed by atoms with Gasteiger partial charge in [-0.3, -0.25) is 9.89 Å². The fourth-order valence-corrected chi connectivity index (χ4v) is 5.00. The van der Waals surface area contributed by atoms with Crippen LogP contribution in [0.2, 0.25) is 0 Å². The van der Waals surface area contributed by atoms with Gasteiger partial charge in [0.15, 0.2) is 11.5 Å². The molecule has 5 rings (SSSR count). The van der Waals surface area contributed by atoms with Crippen LogP contribution < -0.4 is 10.6 Å². The van der Waals surface area contributed by atoms with Crippen molar-refractivity contribution in [2.75, 3.05) is 57.5 Å². The molecule has 3 aromatic heterocycles. The summed E-state index contributed by atoms with van der Waals surface area (Å²) in [6.07, 6.45) is 10.2. The van der Waals surface area contributed by atoms with Gasteiger partial charge in [0, 0.05) is 50.9 Å². The standard InChI is InChI=1S/C27H39N11O3/c1-18(2)22-16-28-25-24(33-26(34-38(22)25)32-20-14-29-30-15-20)31-19-7-11-36(12-8-19)27(40)41-21-9-13-37(17-21)23(39)6-5-10-35(3)4/h5-6,14-16,18-19,21H,7-13,17H2,1-4H3,(H,29,30)(H2,31,32,33,34)/b6-5+/t21-/m0/s1. The topological polar surface area (TPSA) is 149 Å². The van der Waals surface area contributed by atoms with Gasteiger partial charge in [0.1, 0.15) is 6.10 Å². The van der Waals surface area contributed by atoms with Crippen LogP contribution >= 0.6 is 0 Å². The van der Waals surface area contributed by atoms with E-state index in [0.29, 0.717) is 56.6 Å². The van der Waals surface area contributed by atoms with Gasteiger partial charge in [-0.2, -0.15) is 10.1 Å². The van der Waals surface area contributed by atoms with Gasteiger partial charge < -0.3 is 30.1 Å². The molecule has 2 aliphatic heterocycles. The third kappa shape index (κ3) is 6.93. The maximum absolute atomic E-state index is 12.9. The number of H-pyrrole nitrogens is 1. The number of nitrogens with one attached hydrogen (secondary N) is 3. The van der Waals surface area contributed by atoms with E-state index in [0.717, 1.165) is 24.2 Å². The summed E-state index contributed by atoms with van der Waals surface area (Å²) >= 11 is 0. The summed E-state index contributed by atoms with van der Waals surface area (Å²) in [5, 5.41) is 18.1. The first-order valence-electron chi connectivity index (χ1n) is 14.1. The zero-order valence-corrected chi connectivity index (χ0v) is 24.1. The minimum Gasteiger partial charge on any atom is -0.444 e. The number of carbonyl (C=O) groups excluding carboxylic acids is 2. The SMILES string of the molecule is CC(C)c1cnc2c(NC3CCN(C(=O)O[C@H]4CCN(C(=O)/C=C/CN(C)C)C4)CC3)nc(Nc3cn[nH]c3)nn12. The second-order valence-corrected chi connectivity index (χ2v) is 11.1. The smallest absolute Gasteiger partial charge is 0.410 e. The molecule has 2 amide bonds. The first-order valence-corrected chi connectivity index (χ1v) is 14.1. The van der Waals surface area contributed by atoms with Crippen LogP contribution in [0, 0.1) is 0 Å². The van der Waals surface area contributed by atoms with Crippen LogP contribution in [0.4, 0.5) is 22.2 Å². The van der Waals surface area contributed by atoms with E-state index in [1.165, 1.54) is 0 Å². The minimum atomic E-state index is -0.322. The number of piperidine rings is 1. The van der Waals surface area contributed by atoms with Crippen molar-refractivity contribution in [3.05, 3.63) is 36.4 Å². The highest BCUT2D eigenvalue weighted by Crippen LogP contribution is 2.25. The van der Waals surface area contributed by atoms with Gasteiger partial charge in [-0.25, -0.2) is 14.3 Å². The van der Waals surface area contributed by atoms with E-state index in [-0.39, 0.29) is 30.1 Å². The fraction of sp³-hybridized carbons (Fsp3) is 0.556. The second-order valence-electron chi connectivity index (χ2n) is 11.1. The van der Waals surface area contributed by atoms with Crippen molar-refractivity contribution < 1.29 is 14.3 Å². The van der Waals surface area contributed by atoms with E-state index in [9.17, 15) is 9.59 Å². The summed E-state index contributed by atoms with van der Waals surface area (Å²) in [5.41, 5.74) is 2.39. The molecule has 14 nitrogen and oxygen atoms in total. The molecule has 0 unspecified atom stereocenters. The van der Waals surface area contributed by atoms with Gasteiger partial charge in [-0.05, 0) is 32.9 Å². The number of likely N-dealkylation sites (N-methyl/N-ethyl adjacent to an activating group) is 1. The summed E-state index contributed by atoms with van der Waals surface area (Å²) < 4.78 is 7.59. The van der Waals surface area contributed by atoms with Crippen LogP contribution in [0.25, 0.3) is 5.65 Å². The van der Waals surface area contributed by atoms with E-state index in [1.807, 2.05) is 35.8 Å². The molecule has 1 atom stereocenters. The number of hydrogen-bond acceptors (Lipinski definition) is 10. The lowest BCUT2D eigenvalue weighted by molar-refractivity contribution is -0.125. The Morgan fingerprint density at radius 2 is 1.95 bits per heavy atom. The number of fused-ring (bicyclic) bond motifs is 1. The van der Waals surface area contributed by atoms with E-state index in [4.69, 9.17) is 9.72 Å². The van der Waals surface area contributed by atoms with Crippen molar-refractivity contribution >= 4 is 35.1 Å². The van der Waals surface area contributed by atoms with Gasteiger partial charge in [-0.1, -0.05) is 19.9 Å². The minimum absolute atomic E-state index is 0.0442. The number of amides is 2. The molecular weight excluding hydrogens is 526 g/mol. The number of imidazole rings is 1.